The molecular weight excluding hydrogens is 311 g/mol. The number of carbonyl (C=O) groups excluding carboxylic acids is 1. The molecule has 0 radical (unpaired) electrons. The van der Waals surface area contributed by atoms with Crippen LogP contribution < -0.4 is 0 Å². The van der Waals surface area contributed by atoms with Crippen LogP contribution in [0.5, 0.6) is 0 Å². The van der Waals surface area contributed by atoms with Crippen molar-refractivity contribution in [1.82, 2.24) is 4.90 Å². The minimum absolute atomic E-state index is 0.0150. The summed E-state index contributed by atoms with van der Waals surface area (Å²) in [7, 11) is 1.37. The second kappa shape index (κ2) is 6.88. The van der Waals surface area contributed by atoms with Crippen molar-refractivity contribution in [1.29, 1.82) is 5.26 Å². The van der Waals surface area contributed by atoms with E-state index in [1.165, 1.54) is 13.2 Å². The first-order valence-electron chi connectivity index (χ1n) is 8.21. The molecule has 6 heteroatoms. The van der Waals surface area contributed by atoms with E-state index in [9.17, 15) is 9.18 Å². The largest absolute Gasteiger partial charge is 0.467 e. The molecule has 0 spiro atoms. The maximum absolute atomic E-state index is 13.5. The van der Waals surface area contributed by atoms with Crippen LogP contribution >= 0.6 is 0 Å². The van der Waals surface area contributed by atoms with Crippen molar-refractivity contribution >= 4 is 5.97 Å². The molecule has 0 aliphatic carbocycles. The lowest BCUT2D eigenvalue weighted by atomic mass is 9.92. The second-order valence-corrected chi connectivity index (χ2v) is 6.51. The third-order valence-corrected chi connectivity index (χ3v) is 5.07. The lowest BCUT2D eigenvalue weighted by Gasteiger charge is -2.41. The number of halogens is 1. The third kappa shape index (κ3) is 3.14. The number of nitriles is 1. The molecule has 0 bridgehead atoms. The lowest BCUT2D eigenvalue weighted by Crippen LogP contribution is -2.49. The average Bonchev–Trinajstić information content (AvgIpc) is 3.02. The Balaban J connectivity index is 1.78. The average molecular weight is 332 g/mol. The van der Waals surface area contributed by atoms with Crippen LogP contribution in [0.25, 0.3) is 0 Å². The number of benzene rings is 1. The van der Waals surface area contributed by atoms with Crippen LogP contribution in [0.15, 0.2) is 18.2 Å². The number of esters is 1. The molecule has 2 fully saturated rings. The first kappa shape index (κ1) is 16.9. The van der Waals surface area contributed by atoms with Crippen LogP contribution in [0.3, 0.4) is 0 Å². The van der Waals surface area contributed by atoms with E-state index in [4.69, 9.17) is 14.7 Å². The van der Waals surface area contributed by atoms with Crippen LogP contribution in [0, 0.1) is 17.1 Å². The van der Waals surface area contributed by atoms with Crippen molar-refractivity contribution in [2.24, 2.45) is 0 Å². The van der Waals surface area contributed by atoms with Gasteiger partial charge in [-0.1, -0.05) is 6.07 Å². The summed E-state index contributed by atoms with van der Waals surface area (Å²) in [6, 6.07) is 6.99. The summed E-state index contributed by atoms with van der Waals surface area (Å²) in [4.78, 5) is 14.1. The fraction of sp³-hybridized carbons (Fsp3) is 0.556. The first-order valence-corrected chi connectivity index (χ1v) is 8.21. The number of ether oxygens (including phenoxy) is 2. The summed E-state index contributed by atoms with van der Waals surface area (Å²) >= 11 is 0. The van der Waals surface area contributed by atoms with Gasteiger partial charge >= 0.3 is 5.97 Å². The Morgan fingerprint density at radius 3 is 3.00 bits per heavy atom. The molecule has 1 aromatic carbocycles. The zero-order valence-corrected chi connectivity index (χ0v) is 13.9. The highest BCUT2D eigenvalue weighted by molar-refractivity contribution is 5.75. The number of fused-ring (bicyclic) bond motifs is 1. The Morgan fingerprint density at radius 2 is 2.29 bits per heavy atom. The zero-order chi connectivity index (χ0) is 17.3. The van der Waals surface area contributed by atoms with Crippen LogP contribution in [-0.2, 0) is 20.8 Å². The van der Waals surface area contributed by atoms with Crippen molar-refractivity contribution in [3.63, 3.8) is 0 Å². The van der Waals surface area contributed by atoms with Gasteiger partial charge in [-0.25, -0.2) is 9.18 Å². The van der Waals surface area contributed by atoms with Gasteiger partial charge in [0.1, 0.15) is 11.9 Å². The number of methoxy groups -OCH3 is 1. The monoisotopic (exact) mass is 332 g/mol. The van der Waals surface area contributed by atoms with Crippen LogP contribution in [0.1, 0.15) is 37.3 Å². The molecule has 2 heterocycles. The molecule has 1 aromatic rings. The molecular formula is C18H21FN2O3. The summed E-state index contributed by atoms with van der Waals surface area (Å²) in [6.45, 7) is 2.75. The van der Waals surface area contributed by atoms with Gasteiger partial charge in [-0.15, -0.1) is 0 Å². The Kier molecular flexibility index (Phi) is 4.83. The molecule has 5 nitrogen and oxygen atoms in total. The molecule has 0 unspecified atom stereocenters. The molecule has 2 aliphatic heterocycles. The van der Waals surface area contributed by atoms with Gasteiger partial charge < -0.3 is 9.47 Å². The van der Waals surface area contributed by atoms with Gasteiger partial charge in [-0.2, -0.15) is 5.26 Å². The summed E-state index contributed by atoms with van der Waals surface area (Å²) in [5.74, 6) is -0.827. The Hall–Kier alpha value is -1.97. The summed E-state index contributed by atoms with van der Waals surface area (Å²) in [6.07, 6.45) is 2.00. The number of hydrogen-bond donors (Lipinski definition) is 0. The molecule has 0 saturated carbocycles. The molecule has 3 rings (SSSR count). The Labute approximate surface area is 141 Å². The summed E-state index contributed by atoms with van der Waals surface area (Å²) < 4.78 is 24.2. The van der Waals surface area contributed by atoms with Crippen molar-refractivity contribution in [3.8, 4) is 6.07 Å². The van der Waals surface area contributed by atoms with Crippen LogP contribution in [0.2, 0.25) is 0 Å². The van der Waals surface area contributed by atoms with Gasteiger partial charge in [0.2, 0.25) is 0 Å². The van der Waals surface area contributed by atoms with E-state index in [1.54, 1.807) is 12.1 Å². The number of rotatable bonds is 3. The minimum atomic E-state index is -0.513. The summed E-state index contributed by atoms with van der Waals surface area (Å²) in [5, 5.41) is 9.00. The van der Waals surface area contributed by atoms with Crippen LogP contribution in [0.4, 0.5) is 4.39 Å². The van der Waals surface area contributed by atoms with E-state index < -0.39 is 11.9 Å². The Morgan fingerprint density at radius 1 is 1.50 bits per heavy atom. The van der Waals surface area contributed by atoms with E-state index in [-0.39, 0.29) is 23.7 Å². The highest BCUT2D eigenvalue weighted by Crippen LogP contribution is 2.36. The van der Waals surface area contributed by atoms with Gasteiger partial charge in [-0.3, -0.25) is 4.90 Å². The fourth-order valence-electron chi connectivity index (χ4n) is 3.76. The van der Waals surface area contributed by atoms with Crippen molar-refractivity contribution in [2.75, 3.05) is 7.11 Å². The number of carbonyl (C=O) groups is 1. The summed E-state index contributed by atoms with van der Waals surface area (Å²) in [5.41, 5.74) is 0.950. The van der Waals surface area contributed by atoms with Crippen LogP contribution in [-0.4, -0.2) is 42.3 Å². The van der Waals surface area contributed by atoms with E-state index >= 15 is 0 Å². The quantitative estimate of drug-likeness (QED) is 0.795. The van der Waals surface area contributed by atoms with Crippen molar-refractivity contribution in [3.05, 3.63) is 35.1 Å². The number of likely N-dealkylation sites (tertiary alicyclic amines) is 1. The molecule has 24 heavy (non-hydrogen) atoms. The zero-order valence-electron chi connectivity index (χ0n) is 13.9. The van der Waals surface area contributed by atoms with E-state index in [2.05, 4.69) is 11.8 Å². The van der Waals surface area contributed by atoms with Gasteiger partial charge in [0.25, 0.3) is 0 Å². The smallest absolute Gasteiger partial charge is 0.335 e. The molecule has 0 N–H and O–H groups in total. The molecule has 128 valence electrons. The number of piperidine rings is 1. The van der Waals surface area contributed by atoms with E-state index in [0.717, 1.165) is 18.4 Å². The predicted molar refractivity (Wildman–Crippen MR) is 84.4 cm³/mol. The van der Waals surface area contributed by atoms with Gasteiger partial charge in [0, 0.05) is 25.0 Å². The topological polar surface area (TPSA) is 62.6 Å². The number of hydrogen-bond acceptors (Lipinski definition) is 5. The molecule has 0 aromatic heterocycles. The molecule has 2 saturated heterocycles. The third-order valence-electron chi connectivity index (χ3n) is 5.07. The number of nitrogens with zero attached hydrogens (tertiary/aromatic N) is 2. The highest BCUT2D eigenvalue weighted by atomic mass is 19.1. The van der Waals surface area contributed by atoms with E-state index in [1.807, 2.05) is 6.07 Å². The lowest BCUT2D eigenvalue weighted by molar-refractivity contribution is -0.153. The predicted octanol–water partition coefficient (Wildman–Crippen LogP) is 2.38. The fourth-order valence-corrected chi connectivity index (χ4v) is 3.76. The van der Waals surface area contributed by atoms with Crippen molar-refractivity contribution in [2.45, 2.75) is 57.0 Å². The van der Waals surface area contributed by atoms with Gasteiger partial charge in [-0.05, 0) is 37.5 Å². The first-order chi connectivity index (χ1) is 11.5. The molecule has 0 amide bonds. The van der Waals surface area contributed by atoms with Crippen molar-refractivity contribution < 1.29 is 18.7 Å². The maximum Gasteiger partial charge on any atom is 0.335 e. The highest BCUT2D eigenvalue weighted by Gasteiger charge is 2.45. The minimum Gasteiger partial charge on any atom is -0.467 e. The standard InChI is InChI=1S/C18H21FN2O3/c1-11-3-6-16-15(8-17(24-16)18(22)23-2)21(11)10-12-4-5-14(19)13(7-12)9-20/h4-5,7,11,15-17H,3,6,8,10H2,1-2H3/t11-,15-,16-,17+/m1/s1. The SMILES string of the molecule is COC(=O)[C@@H]1C[C@@H]2[C@@H](CC[C@@H](C)N2Cc2ccc(F)c(C#N)c2)O1. The van der Waals surface area contributed by atoms with Gasteiger partial charge in [0.15, 0.2) is 6.10 Å². The normalized spacial score (nSPS) is 29.8. The molecule has 2 aliphatic rings. The van der Waals surface area contributed by atoms with Gasteiger partial charge in [0.05, 0.1) is 18.8 Å². The Bertz CT molecular complexity index is 673. The molecule has 4 atom stereocenters. The maximum atomic E-state index is 13.5. The van der Waals surface area contributed by atoms with E-state index in [0.29, 0.717) is 19.0 Å². The second-order valence-electron chi connectivity index (χ2n) is 6.51.